The molecule has 0 N–H and O–H groups in total. The van der Waals surface area contributed by atoms with Gasteiger partial charge in [0.1, 0.15) is 12.7 Å². The summed E-state index contributed by atoms with van der Waals surface area (Å²) in [5, 5.41) is 0. The molecule has 20 heteroatoms. The first-order valence-electron chi connectivity index (χ1n) is 17.3. The maximum atomic E-state index is 12.7. The fourth-order valence-corrected chi connectivity index (χ4v) is 6.36. The van der Waals surface area contributed by atoms with Crippen LogP contribution in [0.1, 0.15) is 69.2 Å². The van der Waals surface area contributed by atoms with E-state index in [4.69, 9.17) is 68.0 Å². The molecule has 0 aromatic rings. The summed E-state index contributed by atoms with van der Waals surface area (Å²) in [4.78, 5) is 86.0. The third-order valence-electron chi connectivity index (χ3n) is 8.21. The lowest BCUT2D eigenvalue weighted by atomic mass is 9.96. The summed E-state index contributed by atoms with van der Waals surface area (Å²) >= 11 is 0. The number of rotatable bonds is 13. The first-order valence-corrected chi connectivity index (χ1v) is 17.3. The topological polar surface area (TPSA) is 239 Å². The molecule has 3 rings (SSSR count). The SMILES string of the molecule is C#CCO[C@@H]1OC(C)[C@H](O[C@@H]2OC(C)[C@H](OC(C)=O)C(OC(C)=O)C2OC(C)=O)C(OC(C)=O)C1O[C@@H]1O[C@H](C)[C@H](OC(C)=O)C(OC(C)=O)C1OC(C)=O. The van der Waals surface area contributed by atoms with Crippen LogP contribution in [-0.2, 0) is 95.1 Å². The Bertz CT molecular complexity index is 1460. The Labute approximate surface area is 317 Å². The summed E-state index contributed by atoms with van der Waals surface area (Å²) in [6, 6.07) is 0. The Hall–Kier alpha value is -4.39. The molecule has 55 heavy (non-hydrogen) atoms. The van der Waals surface area contributed by atoms with Gasteiger partial charge in [0, 0.05) is 48.5 Å². The molecule has 3 saturated heterocycles. The van der Waals surface area contributed by atoms with Gasteiger partial charge in [-0.2, -0.15) is 0 Å². The maximum Gasteiger partial charge on any atom is 0.303 e. The highest BCUT2D eigenvalue weighted by Gasteiger charge is 2.58. The predicted molar refractivity (Wildman–Crippen MR) is 176 cm³/mol. The molecule has 0 aromatic heterocycles. The highest BCUT2D eigenvalue weighted by atomic mass is 16.8. The van der Waals surface area contributed by atoms with Crippen molar-refractivity contribution in [1.29, 1.82) is 0 Å². The van der Waals surface area contributed by atoms with Gasteiger partial charge in [-0.05, 0) is 20.8 Å². The number of terminal acetylenes is 1. The summed E-state index contributed by atoms with van der Waals surface area (Å²) in [7, 11) is 0. The first-order chi connectivity index (χ1) is 25.7. The molecule has 3 aliphatic heterocycles. The van der Waals surface area contributed by atoms with E-state index >= 15 is 0 Å². The largest absolute Gasteiger partial charge is 0.457 e. The van der Waals surface area contributed by atoms with E-state index in [1.165, 1.54) is 20.8 Å². The van der Waals surface area contributed by atoms with E-state index in [2.05, 4.69) is 5.92 Å². The number of ether oxygens (including phenoxy) is 13. The monoisotopic (exact) mass is 788 g/mol. The molecule has 15 atom stereocenters. The summed E-state index contributed by atoms with van der Waals surface area (Å²) in [5.74, 6) is -3.40. The average Bonchev–Trinajstić information content (AvgIpc) is 3.04. The van der Waals surface area contributed by atoms with E-state index < -0.39 is 134 Å². The van der Waals surface area contributed by atoms with E-state index in [0.29, 0.717) is 0 Å². The van der Waals surface area contributed by atoms with Crippen LogP contribution in [0.25, 0.3) is 0 Å². The highest BCUT2D eigenvalue weighted by Crippen LogP contribution is 2.37. The van der Waals surface area contributed by atoms with Crippen molar-refractivity contribution in [2.45, 2.75) is 161 Å². The summed E-state index contributed by atoms with van der Waals surface area (Å²) in [6.45, 7) is 11.8. The Kier molecular flexibility index (Phi) is 16.3. The predicted octanol–water partition coefficient (Wildman–Crippen LogP) is 0.163. The third-order valence-corrected chi connectivity index (χ3v) is 8.21. The molecule has 0 bridgehead atoms. The van der Waals surface area contributed by atoms with Crippen molar-refractivity contribution < 1.29 is 95.1 Å². The summed E-state index contributed by atoms with van der Waals surface area (Å²) < 4.78 is 75.2. The maximum absolute atomic E-state index is 12.7. The fourth-order valence-electron chi connectivity index (χ4n) is 6.36. The van der Waals surface area contributed by atoms with Gasteiger partial charge in [-0.25, -0.2) is 0 Å². The van der Waals surface area contributed by atoms with E-state index in [1.807, 2.05) is 0 Å². The van der Waals surface area contributed by atoms with Crippen molar-refractivity contribution in [3.63, 3.8) is 0 Å². The molecule has 0 radical (unpaired) electrons. The Balaban J connectivity index is 2.12. The van der Waals surface area contributed by atoms with Gasteiger partial charge in [0.05, 0.1) is 18.3 Å². The van der Waals surface area contributed by atoms with Crippen LogP contribution >= 0.6 is 0 Å². The van der Waals surface area contributed by atoms with Gasteiger partial charge in [0.25, 0.3) is 0 Å². The first kappa shape index (κ1) is 45.0. The molecule has 0 saturated carbocycles. The molecule has 3 aliphatic rings. The second-order valence-electron chi connectivity index (χ2n) is 12.9. The van der Waals surface area contributed by atoms with Gasteiger partial charge in [-0.1, -0.05) is 5.92 Å². The Morgan fingerprint density at radius 3 is 1.04 bits per heavy atom. The zero-order valence-electron chi connectivity index (χ0n) is 32.1. The second kappa shape index (κ2) is 20.0. The molecule has 0 spiro atoms. The number of hydrogen-bond donors (Lipinski definition) is 0. The van der Waals surface area contributed by atoms with Crippen LogP contribution in [0, 0.1) is 12.3 Å². The van der Waals surface area contributed by atoms with Gasteiger partial charge < -0.3 is 61.6 Å². The standard InChI is InChI=1S/C35H48O20/c1-12-13-43-33-30(55-35-32(53-23(11)42)28(50-20(8)39)25(15(3)46-35)48-18(6)37)29(51-21(9)40)26(16(4)44-33)54-34-31(52-22(10)41)27(49-19(7)38)24(14(2)45-34)47-17(5)36/h1,14-16,24-35H,13H2,2-11H3/t14?,15-,16?,24+,25+,26+,27?,28?,29?,30?,31?,32?,33-,34+,35+/m1/s1. The van der Waals surface area contributed by atoms with Gasteiger partial charge in [-0.3, -0.25) is 33.6 Å². The van der Waals surface area contributed by atoms with E-state index in [-0.39, 0.29) is 6.61 Å². The molecule has 8 unspecified atom stereocenters. The average molecular weight is 789 g/mol. The second-order valence-corrected chi connectivity index (χ2v) is 12.9. The van der Waals surface area contributed by atoms with E-state index in [0.717, 1.165) is 48.5 Å². The van der Waals surface area contributed by atoms with E-state index in [1.54, 1.807) is 0 Å². The normalized spacial score (nSPS) is 35.8. The quantitative estimate of drug-likeness (QED) is 0.137. The number of hydrogen-bond acceptors (Lipinski definition) is 20. The number of carbonyl (C=O) groups excluding carboxylic acids is 7. The molecule has 0 aliphatic carbocycles. The van der Waals surface area contributed by atoms with Crippen LogP contribution in [-0.4, -0.2) is 141 Å². The van der Waals surface area contributed by atoms with Gasteiger partial charge in [-0.15, -0.1) is 6.42 Å². The van der Waals surface area contributed by atoms with Crippen molar-refractivity contribution in [2.24, 2.45) is 0 Å². The lowest BCUT2D eigenvalue weighted by Crippen LogP contribution is -2.67. The Morgan fingerprint density at radius 1 is 0.418 bits per heavy atom. The minimum Gasteiger partial charge on any atom is -0.457 e. The van der Waals surface area contributed by atoms with Crippen molar-refractivity contribution in [2.75, 3.05) is 6.61 Å². The van der Waals surface area contributed by atoms with Crippen LogP contribution in [0.2, 0.25) is 0 Å². The zero-order valence-corrected chi connectivity index (χ0v) is 32.1. The highest BCUT2D eigenvalue weighted by molar-refractivity contribution is 5.69. The van der Waals surface area contributed by atoms with Crippen LogP contribution in [0.3, 0.4) is 0 Å². The van der Waals surface area contributed by atoms with Crippen LogP contribution in [0.15, 0.2) is 0 Å². The molecule has 308 valence electrons. The number of carbonyl (C=O) groups is 7. The molecule has 3 fully saturated rings. The molecule has 0 aromatic carbocycles. The van der Waals surface area contributed by atoms with Crippen LogP contribution in [0.4, 0.5) is 0 Å². The zero-order chi connectivity index (χ0) is 41.3. The van der Waals surface area contributed by atoms with Crippen molar-refractivity contribution in [3.8, 4) is 12.3 Å². The number of esters is 7. The third kappa shape index (κ3) is 12.3. The molecular formula is C35H48O20. The summed E-state index contributed by atoms with van der Waals surface area (Å²) in [6.07, 6.45) is -15.4. The van der Waals surface area contributed by atoms with Crippen LogP contribution in [0.5, 0.6) is 0 Å². The van der Waals surface area contributed by atoms with Crippen LogP contribution < -0.4 is 0 Å². The lowest BCUT2D eigenvalue weighted by molar-refractivity contribution is -0.381. The van der Waals surface area contributed by atoms with Gasteiger partial charge in [0.2, 0.25) is 0 Å². The van der Waals surface area contributed by atoms with Gasteiger partial charge in [0.15, 0.2) is 67.7 Å². The molecular weight excluding hydrogens is 740 g/mol. The molecule has 3 heterocycles. The smallest absolute Gasteiger partial charge is 0.303 e. The minimum absolute atomic E-state index is 0.338. The van der Waals surface area contributed by atoms with Crippen molar-refractivity contribution >= 4 is 41.8 Å². The van der Waals surface area contributed by atoms with Gasteiger partial charge >= 0.3 is 41.8 Å². The Morgan fingerprint density at radius 2 is 0.691 bits per heavy atom. The molecule has 20 nitrogen and oxygen atoms in total. The summed E-state index contributed by atoms with van der Waals surface area (Å²) in [5.41, 5.74) is 0. The van der Waals surface area contributed by atoms with Crippen molar-refractivity contribution in [1.82, 2.24) is 0 Å². The van der Waals surface area contributed by atoms with Crippen molar-refractivity contribution in [3.05, 3.63) is 0 Å². The fraction of sp³-hybridized carbons (Fsp3) is 0.743. The minimum atomic E-state index is -1.65. The molecule has 0 amide bonds. The lowest BCUT2D eigenvalue weighted by Gasteiger charge is -2.50. The van der Waals surface area contributed by atoms with E-state index in [9.17, 15) is 33.6 Å².